The molecule has 0 spiro atoms. The van der Waals surface area contributed by atoms with Gasteiger partial charge >= 0.3 is 5.69 Å². The largest absolute Gasteiger partial charge is 0.383 e. The Bertz CT molecular complexity index is 1330. The molecule has 3 aromatic rings. The first-order valence-electron chi connectivity index (χ1n) is 11.2. The minimum absolute atomic E-state index is 0.0704. The number of hydrogen-bond donors (Lipinski definition) is 3. The molecular weight excluding hydrogens is 452 g/mol. The zero-order valence-corrected chi connectivity index (χ0v) is 19.6. The van der Waals surface area contributed by atoms with Gasteiger partial charge in [-0.2, -0.15) is 0 Å². The van der Waals surface area contributed by atoms with Gasteiger partial charge in [-0.1, -0.05) is 49.7 Å². The standard InChI is InChI=1S/C24H28N6O5/c1-3-4-13-28(20(31)14-26-18-11-8-12-19(16(18)2)30(34)35)21-22(25)29(24(33)27-23(21)32)15-17-9-6-5-7-10-17/h5-12,26H,3-4,13-15,25H2,1-2H3,(H,27,32,33). The number of amides is 1. The number of nitro groups is 1. The van der Waals surface area contributed by atoms with Crippen LogP contribution in [0.1, 0.15) is 30.9 Å². The third-order valence-corrected chi connectivity index (χ3v) is 5.64. The van der Waals surface area contributed by atoms with E-state index in [4.69, 9.17) is 5.73 Å². The highest BCUT2D eigenvalue weighted by molar-refractivity contribution is 5.98. The van der Waals surface area contributed by atoms with Gasteiger partial charge < -0.3 is 16.0 Å². The van der Waals surface area contributed by atoms with Gasteiger partial charge in [0.1, 0.15) is 5.82 Å². The number of nitro benzene ring substituents is 1. The van der Waals surface area contributed by atoms with Gasteiger partial charge in [-0.3, -0.25) is 29.3 Å². The number of benzene rings is 2. The van der Waals surface area contributed by atoms with Crippen LogP contribution in [0, 0.1) is 17.0 Å². The van der Waals surface area contributed by atoms with Crippen molar-refractivity contribution in [2.24, 2.45) is 0 Å². The molecule has 184 valence electrons. The second-order valence-corrected chi connectivity index (χ2v) is 8.02. The van der Waals surface area contributed by atoms with E-state index < -0.39 is 22.1 Å². The van der Waals surface area contributed by atoms with Crippen LogP contribution in [-0.4, -0.2) is 33.5 Å². The lowest BCUT2D eigenvalue weighted by molar-refractivity contribution is -0.385. The van der Waals surface area contributed by atoms with E-state index in [1.165, 1.54) is 21.6 Å². The van der Waals surface area contributed by atoms with E-state index in [2.05, 4.69) is 10.3 Å². The van der Waals surface area contributed by atoms with Gasteiger partial charge in [0.25, 0.3) is 11.2 Å². The second-order valence-electron chi connectivity index (χ2n) is 8.02. The van der Waals surface area contributed by atoms with Gasteiger partial charge in [0.2, 0.25) is 5.91 Å². The fourth-order valence-corrected chi connectivity index (χ4v) is 3.72. The maximum Gasteiger partial charge on any atom is 0.330 e. The van der Waals surface area contributed by atoms with Crippen LogP contribution in [-0.2, 0) is 11.3 Å². The Labute approximate surface area is 201 Å². The summed E-state index contributed by atoms with van der Waals surface area (Å²) in [5.41, 5.74) is 6.30. The summed E-state index contributed by atoms with van der Waals surface area (Å²) in [6, 6.07) is 13.7. The lowest BCUT2D eigenvalue weighted by atomic mass is 10.1. The molecule has 11 heteroatoms. The van der Waals surface area contributed by atoms with Gasteiger partial charge in [0, 0.05) is 23.9 Å². The number of H-pyrrole nitrogens is 1. The first-order chi connectivity index (χ1) is 16.7. The topological polar surface area (TPSA) is 156 Å². The molecule has 11 nitrogen and oxygen atoms in total. The molecule has 0 bridgehead atoms. The number of aromatic amines is 1. The van der Waals surface area contributed by atoms with E-state index in [1.54, 1.807) is 13.0 Å². The number of unbranched alkanes of at least 4 members (excludes halogenated alkanes) is 1. The number of aromatic nitrogens is 2. The van der Waals surface area contributed by atoms with E-state index in [-0.39, 0.29) is 36.8 Å². The third-order valence-electron chi connectivity index (χ3n) is 5.64. The van der Waals surface area contributed by atoms with E-state index in [0.29, 0.717) is 17.7 Å². The average molecular weight is 481 g/mol. The van der Waals surface area contributed by atoms with Gasteiger partial charge in [-0.15, -0.1) is 0 Å². The van der Waals surface area contributed by atoms with Gasteiger partial charge in [-0.05, 0) is 25.0 Å². The Hall–Kier alpha value is -4.41. The normalized spacial score (nSPS) is 10.7. The third kappa shape index (κ3) is 5.75. The van der Waals surface area contributed by atoms with Crippen molar-refractivity contribution < 1.29 is 9.72 Å². The molecule has 0 aliphatic rings. The number of carbonyl (C=O) groups excluding carboxylic acids is 1. The molecule has 35 heavy (non-hydrogen) atoms. The zero-order chi connectivity index (χ0) is 25.5. The monoisotopic (exact) mass is 480 g/mol. The predicted molar refractivity (Wildman–Crippen MR) is 135 cm³/mol. The van der Waals surface area contributed by atoms with Crippen molar-refractivity contribution in [2.45, 2.75) is 33.2 Å². The molecule has 0 saturated heterocycles. The van der Waals surface area contributed by atoms with Gasteiger partial charge in [0.05, 0.1) is 18.0 Å². The molecule has 4 N–H and O–H groups in total. The van der Waals surface area contributed by atoms with Crippen molar-refractivity contribution in [2.75, 3.05) is 29.0 Å². The SMILES string of the molecule is CCCCN(C(=O)CNc1cccc([N+](=O)[O-])c1C)c1c(N)n(Cc2ccccc2)c(=O)[nH]c1=O. The Kier molecular flexibility index (Phi) is 8.03. The van der Waals surface area contributed by atoms with Crippen LogP contribution in [0.5, 0.6) is 0 Å². The number of anilines is 3. The smallest absolute Gasteiger partial charge is 0.330 e. The van der Waals surface area contributed by atoms with Crippen molar-refractivity contribution >= 4 is 28.8 Å². The van der Waals surface area contributed by atoms with Crippen molar-refractivity contribution in [3.05, 3.63) is 90.6 Å². The lowest BCUT2D eigenvalue weighted by Gasteiger charge is -2.25. The minimum Gasteiger partial charge on any atom is -0.383 e. The molecule has 1 amide bonds. The average Bonchev–Trinajstić information content (AvgIpc) is 2.83. The highest BCUT2D eigenvalue weighted by atomic mass is 16.6. The van der Waals surface area contributed by atoms with E-state index in [0.717, 1.165) is 12.0 Å². The van der Waals surface area contributed by atoms with Crippen LogP contribution in [0.15, 0.2) is 58.1 Å². The Morgan fingerprint density at radius 2 is 1.89 bits per heavy atom. The Morgan fingerprint density at radius 1 is 1.17 bits per heavy atom. The molecule has 0 aliphatic carbocycles. The van der Waals surface area contributed by atoms with Crippen LogP contribution in [0.3, 0.4) is 0 Å². The zero-order valence-electron chi connectivity index (χ0n) is 19.6. The summed E-state index contributed by atoms with van der Waals surface area (Å²) in [7, 11) is 0. The summed E-state index contributed by atoms with van der Waals surface area (Å²) in [5, 5.41) is 14.1. The number of nitrogens with one attached hydrogen (secondary N) is 2. The lowest BCUT2D eigenvalue weighted by Crippen LogP contribution is -2.43. The summed E-state index contributed by atoms with van der Waals surface area (Å²) in [5.74, 6) is -0.579. The molecule has 2 aromatic carbocycles. The summed E-state index contributed by atoms with van der Waals surface area (Å²) in [6.07, 6.45) is 1.35. The van der Waals surface area contributed by atoms with Crippen LogP contribution >= 0.6 is 0 Å². The molecule has 1 heterocycles. The molecule has 0 radical (unpaired) electrons. The fourth-order valence-electron chi connectivity index (χ4n) is 3.72. The molecule has 0 atom stereocenters. The minimum atomic E-state index is -0.757. The number of nitrogens with two attached hydrogens (primary N) is 1. The molecule has 0 unspecified atom stereocenters. The van der Waals surface area contributed by atoms with E-state index in [1.807, 2.05) is 37.3 Å². The maximum atomic E-state index is 13.2. The predicted octanol–water partition coefficient (Wildman–Crippen LogP) is 2.63. The summed E-state index contributed by atoms with van der Waals surface area (Å²) in [4.78, 5) is 52.8. The van der Waals surface area contributed by atoms with Crippen LogP contribution in [0.4, 0.5) is 22.9 Å². The number of nitrogens with zero attached hydrogens (tertiary/aromatic N) is 3. The Balaban J connectivity index is 1.94. The van der Waals surface area contributed by atoms with Crippen molar-refractivity contribution in [1.82, 2.24) is 9.55 Å². The quantitative estimate of drug-likeness (QED) is 0.297. The van der Waals surface area contributed by atoms with Crippen molar-refractivity contribution in [1.29, 1.82) is 0 Å². The maximum absolute atomic E-state index is 13.2. The summed E-state index contributed by atoms with van der Waals surface area (Å²) < 4.78 is 1.22. The van der Waals surface area contributed by atoms with Crippen molar-refractivity contribution in [3.8, 4) is 0 Å². The summed E-state index contributed by atoms with van der Waals surface area (Å²) in [6.45, 7) is 3.62. The molecule has 1 aromatic heterocycles. The Morgan fingerprint density at radius 3 is 2.54 bits per heavy atom. The highest BCUT2D eigenvalue weighted by Gasteiger charge is 2.24. The molecular formula is C24H28N6O5. The fraction of sp³-hybridized carbons (Fsp3) is 0.292. The number of carbonyl (C=O) groups is 1. The van der Waals surface area contributed by atoms with E-state index >= 15 is 0 Å². The number of hydrogen-bond acceptors (Lipinski definition) is 7. The second kappa shape index (κ2) is 11.1. The van der Waals surface area contributed by atoms with Crippen LogP contribution in [0.2, 0.25) is 0 Å². The first-order valence-corrected chi connectivity index (χ1v) is 11.2. The molecule has 0 aliphatic heterocycles. The van der Waals surface area contributed by atoms with Gasteiger partial charge in [-0.25, -0.2) is 4.79 Å². The number of rotatable bonds is 10. The molecule has 3 rings (SSSR count). The first kappa shape index (κ1) is 25.2. The molecule has 0 fully saturated rings. The highest BCUT2D eigenvalue weighted by Crippen LogP contribution is 2.25. The van der Waals surface area contributed by atoms with E-state index in [9.17, 15) is 24.5 Å². The summed E-state index contributed by atoms with van der Waals surface area (Å²) >= 11 is 0. The van der Waals surface area contributed by atoms with Crippen LogP contribution < -0.4 is 27.2 Å². The number of nitrogen functional groups attached to an aromatic ring is 1. The van der Waals surface area contributed by atoms with Crippen molar-refractivity contribution in [3.63, 3.8) is 0 Å². The molecule has 0 saturated carbocycles. The van der Waals surface area contributed by atoms with Crippen LogP contribution in [0.25, 0.3) is 0 Å². The van der Waals surface area contributed by atoms with Gasteiger partial charge in [0.15, 0.2) is 5.69 Å².